The zero-order valence-corrected chi connectivity index (χ0v) is 17.3. The van der Waals surface area contributed by atoms with Crippen molar-refractivity contribution in [2.24, 2.45) is 0 Å². The van der Waals surface area contributed by atoms with Gasteiger partial charge in [0.2, 0.25) is 5.91 Å². The second-order valence-electron chi connectivity index (χ2n) is 7.84. The van der Waals surface area contributed by atoms with Crippen LogP contribution in [0.4, 0.5) is 0 Å². The van der Waals surface area contributed by atoms with Crippen LogP contribution in [0.5, 0.6) is 0 Å². The van der Waals surface area contributed by atoms with E-state index in [0.29, 0.717) is 11.5 Å². The molecule has 0 aliphatic heterocycles. The van der Waals surface area contributed by atoms with E-state index >= 15 is 0 Å². The molecule has 2 N–H and O–H groups in total. The van der Waals surface area contributed by atoms with E-state index in [-0.39, 0.29) is 24.9 Å². The number of benzene rings is 1. The van der Waals surface area contributed by atoms with E-state index in [0.717, 1.165) is 40.6 Å². The van der Waals surface area contributed by atoms with Gasteiger partial charge < -0.3 is 15.3 Å². The lowest BCUT2D eigenvalue weighted by molar-refractivity contribution is -0.141. The Morgan fingerprint density at radius 1 is 1.24 bits per heavy atom. The van der Waals surface area contributed by atoms with Crippen LogP contribution >= 0.6 is 0 Å². The Hall–Kier alpha value is -2.96. The normalized spacial score (nSPS) is 14.5. The molecular formula is C22H27N3O4. The van der Waals surface area contributed by atoms with Crippen molar-refractivity contribution in [3.05, 3.63) is 40.6 Å². The molecule has 0 spiro atoms. The highest BCUT2D eigenvalue weighted by atomic mass is 16.4. The Labute approximate surface area is 170 Å². The van der Waals surface area contributed by atoms with Crippen LogP contribution in [0.3, 0.4) is 0 Å². The van der Waals surface area contributed by atoms with Gasteiger partial charge in [0, 0.05) is 37.0 Å². The molecule has 1 heterocycles. The van der Waals surface area contributed by atoms with E-state index in [1.807, 2.05) is 32.0 Å². The number of carbonyl (C=O) groups excluding carboxylic acids is 2. The summed E-state index contributed by atoms with van der Waals surface area (Å²) in [6, 6.07) is 4.77. The number of nitrogens with zero attached hydrogens (tertiary/aromatic N) is 2. The van der Waals surface area contributed by atoms with Crippen LogP contribution in [-0.2, 0) is 9.59 Å². The summed E-state index contributed by atoms with van der Waals surface area (Å²) in [6.07, 6.45) is 2.10. The number of rotatable bonds is 7. The topological polar surface area (TPSA) is 99.6 Å². The second-order valence-corrected chi connectivity index (χ2v) is 7.84. The largest absolute Gasteiger partial charge is 0.480 e. The summed E-state index contributed by atoms with van der Waals surface area (Å²) in [4.78, 5) is 42.5. The van der Waals surface area contributed by atoms with Gasteiger partial charge in [-0.1, -0.05) is 11.6 Å². The van der Waals surface area contributed by atoms with Crippen molar-refractivity contribution in [3.63, 3.8) is 0 Å². The first-order valence-electron chi connectivity index (χ1n) is 9.89. The zero-order chi connectivity index (χ0) is 21.3. The molecule has 29 heavy (non-hydrogen) atoms. The van der Waals surface area contributed by atoms with Gasteiger partial charge in [0.05, 0.1) is 11.1 Å². The third kappa shape index (κ3) is 4.55. The van der Waals surface area contributed by atoms with Gasteiger partial charge >= 0.3 is 5.97 Å². The summed E-state index contributed by atoms with van der Waals surface area (Å²) in [6.45, 7) is 7.10. The molecule has 1 aromatic heterocycles. The summed E-state index contributed by atoms with van der Waals surface area (Å²) in [5, 5.41) is 12.9. The van der Waals surface area contributed by atoms with E-state index in [9.17, 15) is 19.5 Å². The number of nitrogens with one attached hydrogen (secondary N) is 1. The maximum atomic E-state index is 13.5. The number of fused-ring (bicyclic) bond motifs is 1. The van der Waals surface area contributed by atoms with Crippen LogP contribution in [0.1, 0.15) is 59.8 Å². The summed E-state index contributed by atoms with van der Waals surface area (Å²) in [7, 11) is 0. The standard InChI is InChI=1S/C22H27N3O4/c1-12-9-13(2)20-17(10-12)18(11-19(24-20)16-5-6-16)21(27)25(14(3)22(28)29)8-7-23-15(4)26/h9-11,14,16H,5-8H2,1-4H3,(H,23,26)(H,28,29). The van der Waals surface area contributed by atoms with E-state index in [4.69, 9.17) is 4.98 Å². The van der Waals surface area contributed by atoms with Crippen LogP contribution in [0.15, 0.2) is 18.2 Å². The lowest BCUT2D eigenvalue weighted by Crippen LogP contribution is -2.46. The Balaban J connectivity index is 2.08. The fourth-order valence-electron chi connectivity index (χ4n) is 3.58. The number of hydrogen-bond donors (Lipinski definition) is 2. The average Bonchev–Trinajstić information content (AvgIpc) is 3.48. The third-order valence-corrected chi connectivity index (χ3v) is 5.31. The molecular weight excluding hydrogens is 370 g/mol. The zero-order valence-electron chi connectivity index (χ0n) is 17.3. The molecule has 0 bridgehead atoms. The van der Waals surface area contributed by atoms with Crippen molar-refractivity contribution in [2.75, 3.05) is 13.1 Å². The fourth-order valence-corrected chi connectivity index (χ4v) is 3.58. The lowest BCUT2D eigenvalue weighted by Gasteiger charge is -2.27. The highest BCUT2D eigenvalue weighted by molar-refractivity contribution is 6.08. The number of aryl methyl sites for hydroxylation is 2. The van der Waals surface area contributed by atoms with Crippen LogP contribution in [-0.4, -0.2) is 51.9 Å². The number of aliphatic carboxylic acids is 1. The first-order chi connectivity index (χ1) is 13.7. The van der Waals surface area contributed by atoms with Crippen molar-refractivity contribution in [2.45, 2.75) is 52.5 Å². The smallest absolute Gasteiger partial charge is 0.326 e. The minimum absolute atomic E-state index is 0.110. The van der Waals surface area contributed by atoms with Crippen LogP contribution < -0.4 is 5.32 Å². The minimum atomic E-state index is -1.09. The van der Waals surface area contributed by atoms with Crippen LogP contribution in [0.2, 0.25) is 0 Å². The summed E-state index contributed by atoms with van der Waals surface area (Å²) in [5.41, 5.74) is 4.15. The quantitative estimate of drug-likeness (QED) is 0.748. The third-order valence-electron chi connectivity index (χ3n) is 5.31. The molecule has 1 aliphatic rings. The number of aromatic nitrogens is 1. The maximum absolute atomic E-state index is 13.5. The summed E-state index contributed by atoms with van der Waals surface area (Å²) in [5.74, 6) is -1.31. The van der Waals surface area contributed by atoms with E-state index in [1.54, 1.807) is 0 Å². The van der Waals surface area contributed by atoms with Gasteiger partial charge in [-0.2, -0.15) is 0 Å². The Morgan fingerprint density at radius 3 is 2.52 bits per heavy atom. The molecule has 3 rings (SSSR count). The van der Waals surface area contributed by atoms with Crippen molar-refractivity contribution in [3.8, 4) is 0 Å². The number of hydrogen-bond acceptors (Lipinski definition) is 4. The van der Waals surface area contributed by atoms with Gasteiger partial charge in [0.15, 0.2) is 0 Å². The monoisotopic (exact) mass is 397 g/mol. The Bertz CT molecular complexity index is 982. The van der Waals surface area contributed by atoms with Gasteiger partial charge in [-0.3, -0.25) is 14.6 Å². The Kier molecular flexibility index (Phi) is 5.86. The number of carboxylic acid groups (broad SMARTS) is 1. The molecule has 1 atom stereocenters. The molecule has 1 saturated carbocycles. The number of pyridine rings is 1. The summed E-state index contributed by atoms with van der Waals surface area (Å²) >= 11 is 0. The van der Waals surface area contributed by atoms with E-state index < -0.39 is 12.0 Å². The fraction of sp³-hybridized carbons (Fsp3) is 0.455. The predicted octanol–water partition coefficient (Wildman–Crippen LogP) is 2.78. The predicted molar refractivity (Wildman–Crippen MR) is 110 cm³/mol. The number of amides is 2. The van der Waals surface area contributed by atoms with Gasteiger partial charge in [-0.25, -0.2) is 4.79 Å². The first kappa shape index (κ1) is 20.8. The first-order valence-corrected chi connectivity index (χ1v) is 9.89. The molecule has 1 fully saturated rings. The SMILES string of the molecule is CC(=O)NCCN(C(=O)c1cc(C2CC2)nc2c(C)cc(C)cc12)C(C)C(=O)O. The molecule has 7 nitrogen and oxygen atoms in total. The Morgan fingerprint density at radius 2 is 1.93 bits per heavy atom. The van der Waals surface area contributed by atoms with Crippen molar-refractivity contribution < 1.29 is 19.5 Å². The van der Waals surface area contributed by atoms with Gasteiger partial charge in [-0.05, 0) is 51.3 Å². The molecule has 7 heteroatoms. The molecule has 1 aromatic carbocycles. The van der Waals surface area contributed by atoms with Crippen molar-refractivity contribution in [1.82, 2.24) is 15.2 Å². The molecule has 1 unspecified atom stereocenters. The molecule has 1 aliphatic carbocycles. The lowest BCUT2D eigenvalue weighted by atomic mass is 9.99. The van der Waals surface area contributed by atoms with Gasteiger partial charge in [0.1, 0.15) is 6.04 Å². The van der Waals surface area contributed by atoms with E-state index in [1.165, 1.54) is 18.7 Å². The van der Waals surface area contributed by atoms with Crippen LogP contribution in [0, 0.1) is 13.8 Å². The molecule has 0 radical (unpaired) electrons. The second kappa shape index (κ2) is 8.19. The van der Waals surface area contributed by atoms with Gasteiger partial charge in [-0.15, -0.1) is 0 Å². The highest BCUT2D eigenvalue weighted by Gasteiger charge is 2.31. The molecule has 154 valence electrons. The van der Waals surface area contributed by atoms with Crippen LogP contribution in [0.25, 0.3) is 10.9 Å². The maximum Gasteiger partial charge on any atom is 0.326 e. The molecule has 0 saturated heterocycles. The van der Waals surface area contributed by atoms with Gasteiger partial charge in [0.25, 0.3) is 5.91 Å². The molecule has 2 amide bonds. The highest BCUT2D eigenvalue weighted by Crippen LogP contribution is 2.40. The average molecular weight is 397 g/mol. The van der Waals surface area contributed by atoms with E-state index in [2.05, 4.69) is 5.32 Å². The minimum Gasteiger partial charge on any atom is -0.480 e. The van der Waals surface area contributed by atoms with Crippen molar-refractivity contribution >= 4 is 28.7 Å². The summed E-state index contributed by atoms with van der Waals surface area (Å²) < 4.78 is 0. The number of carboxylic acids is 1. The van der Waals surface area contributed by atoms with Crippen molar-refractivity contribution in [1.29, 1.82) is 0 Å². The number of carbonyl (C=O) groups is 3. The molecule has 2 aromatic rings.